The molecule has 0 radical (unpaired) electrons. The van der Waals surface area contributed by atoms with Gasteiger partial charge in [0.2, 0.25) is 11.5 Å². The van der Waals surface area contributed by atoms with E-state index in [1.54, 1.807) is 0 Å². The summed E-state index contributed by atoms with van der Waals surface area (Å²) in [6.07, 6.45) is -4.77. The smallest absolute Gasteiger partial charge is 0.448 e. The van der Waals surface area contributed by atoms with Crippen LogP contribution in [0.1, 0.15) is 0 Å². The van der Waals surface area contributed by atoms with Crippen LogP contribution >= 0.6 is 0 Å². The Hall–Kier alpha value is -1.46. The number of hydrogen-bond donors (Lipinski definition) is 1. The van der Waals surface area contributed by atoms with Crippen LogP contribution < -0.4 is 0 Å². The van der Waals surface area contributed by atoms with E-state index < -0.39 is 23.7 Å². The number of carboxylic acid groups (broad SMARTS) is 1. The Labute approximate surface area is 65.8 Å². The highest BCUT2D eigenvalue weighted by molar-refractivity contribution is 5.83. The minimum Gasteiger partial charge on any atom is -0.475 e. The van der Waals surface area contributed by atoms with Gasteiger partial charge < -0.3 is 9.84 Å². The molecule has 0 aliphatic rings. The van der Waals surface area contributed by atoms with Gasteiger partial charge >= 0.3 is 12.1 Å². The summed E-state index contributed by atoms with van der Waals surface area (Å²) in [6, 6.07) is 0. The van der Waals surface area contributed by atoms with Crippen LogP contribution in [0.3, 0.4) is 0 Å². The number of carboxylic acids is 1. The second-order valence-electron chi connectivity index (χ2n) is 1.75. The van der Waals surface area contributed by atoms with Gasteiger partial charge in [-0.15, -0.1) is 0 Å². The number of ether oxygens (including phenoxy) is 1. The number of allylic oxidation sites excluding steroid dienone is 1. The van der Waals surface area contributed by atoms with Gasteiger partial charge in [0.25, 0.3) is 0 Å². The van der Waals surface area contributed by atoms with Crippen molar-refractivity contribution in [3.8, 4) is 0 Å². The largest absolute Gasteiger partial charge is 0.475 e. The van der Waals surface area contributed by atoms with Gasteiger partial charge in [0.1, 0.15) is 0 Å². The van der Waals surface area contributed by atoms with E-state index in [1.165, 1.54) is 0 Å². The Bertz CT molecular complexity index is 229. The first-order chi connectivity index (χ1) is 5.25. The molecule has 0 aromatic carbocycles. The van der Waals surface area contributed by atoms with E-state index in [1.807, 2.05) is 0 Å². The number of rotatable bonds is 3. The molecule has 68 valence electrons. The lowest BCUT2D eigenvalue weighted by Crippen LogP contribution is -2.15. The fraction of sp³-hybridized carbons (Fsp3) is 0.167. The van der Waals surface area contributed by atoms with Crippen LogP contribution in [0.4, 0.5) is 13.2 Å². The van der Waals surface area contributed by atoms with E-state index in [4.69, 9.17) is 5.11 Å². The van der Waals surface area contributed by atoms with Gasteiger partial charge in [-0.2, -0.15) is 13.2 Å². The normalized spacial score (nSPS) is 10.6. The maximum atomic E-state index is 11.6. The molecule has 3 nitrogen and oxygen atoms in total. The van der Waals surface area contributed by atoms with Crippen molar-refractivity contribution in [2.45, 2.75) is 6.18 Å². The van der Waals surface area contributed by atoms with E-state index >= 15 is 0 Å². The first-order valence-corrected chi connectivity index (χ1v) is 2.61. The average Bonchev–Trinajstić information content (AvgIpc) is 1.85. The van der Waals surface area contributed by atoms with E-state index in [9.17, 15) is 18.0 Å². The molecular weight excluding hydrogens is 177 g/mol. The molecule has 0 aromatic heterocycles. The Balaban J connectivity index is 4.21. The summed E-state index contributed by atoms with van der Waals surface area (Å²) in [7, 11) is 0. The zero-order valence-electron chi connectivity index (χ0n) is 5.81. The predicted octanol–water partition coefficient (Wildman–Crippen LogP) is 1.68. The lowest BCUT2D eigenvalue weighted by Gasteiger charge is -2.10. The van der Waals surface area contributed by atoms with Crippen molar-refractivity contribution in [1.82, 2.24) is 0 Å². The van der Waals surface area contributed by atoms with Crippen molar-refractivity contribution in [2.75, 3.05) is 0 Å². The first kappa shape index (κ1) is 10.5. The second kappa shape index (κ2) is 3.29. The summed E-state index contributed by atoms with van der Waals surface area (Å²) in [6.45, 7) is 5.20. The van der Waals surface area contributed by atoms with Crippen molar-refractivity contribution in [3.05, 3.63) is 24.7 Å². The maximum absolute atomic E-state index is 11.6. The molecule has 0 heterocycles. The van der Waals surface area contributed by atoms with Crippen LogP contribution in [0, 0.1) is 0 Å². The molecule has 1 N–H and O–H groups in total. The molecule has 0 aliphatic carbocycles. The molecule has 0 spiro atoms. The third kappa shape index (κ3) is 3.09. The van der Waals surface area contributed by atoms with Crippen LogP contribution in [0.5, 0.6) is 0 Å². The third-order valence-electron chi connectivity index (χ3n) is 0.801. The van der Waals surface area contributed by atoms with Crippen LogP contribution in [0.2, 0.25) is 0 Å². The average molecular weight is 182 g/mol. The number of carbonyl (C=O) groups is 1. The van der Waals surface area contributed by atoms with Crippen LogP contribution in [0.15, 0.2) is 24.7 Å². The Morgan fingerprint density at radius 3 is 2.00 bits per heavy atom. The standard InChI is InChI=1S/C6H5F3O3/c1-3(5(10)11)12-4(2)6(7,8)9/h1-2H2,(H,10,11). The Kier molecular flexibility index (Phi) is 2.89. The monoisotopic (exact) mass is 182 g/mol. The molecular formula is C6H5F3O3. The molecule has 0 bridgehead atoms. The number of hydrogen-bond acceptors (Lipinski definition) is 2. The first-order valence-electron chi connectivity index (χ1n) is 2.61. The van der Waals surface area contributed by atoms with Crippen molar-refractivity contribution in [2.24, 2.45) is 0 Å². The van der Waals surface area contributed by atoms with Gasteiger partial charge in [0.05, 0.1) is 0 Å². The van der Waals surface area contributed by atoms with E-state index in [0.717, 1.165) is 0 Å². The highest BCUT2D eigenvalue weighted by atomic mass is 19.4. The van der Waals surface area contributed by atoms with E-state index in [0.29, 0.717) is 0 Å². The van der Waals surface area contributed by atoms with Crippen LogP contribution in [-0.4, -0.2) is 17.3 Å². The zero-order valence-corrected chi connectivity index (χ0v) is 5.81. The molecule has 0 saturated carbocycles. The number of aliphatic carboxylic acids is 1. The molecule has 0 rings (SSSR count). The molecule has 0 unspecified atom stereocenters. The lowest BCUT2D eigenvalue weighted by atomic mass is 10.5. The molecule has 0 saturated heterocycles. The highest BCUT2D eigenvalue weighted by Gasteiger charge is 2.35. The van der Waals surface area contributed by atoms with Gasteiger partial charge in [-0.25, -0.2) is 4.79 Å². The predicted molar refractivity (Wildman–Crippen MR) is 33.1 cm³/mol. The van der Waals surface area contributed by atoms with Crippen LogP contribution in [-0.2, 0) is 9.53 Å². The summed E-state index contributed by atoms with van der Waals surface area (Å²) < 4.78 is 38.6. The zero-order chi connectivity index (χ0) is 9.94. The molecule has 6 heteroatoms. The Morgan fingerprint density at radius 2 is 1.75 bits per heavy atom. The highest BCUT2D eigenvalue weighted by Crippen LogP contribution is 2.26. The topological polar surface area (TPSA) is 46.5 Å². The summed E-state index contributed by atoms with van der Waals surface area (Å²) >= 11 is 0. The van der Waals surface area contributed by atoms with Crippen molar-refractivity contribution >= 4 is 5.97 Å². The van der Waals surface area contributed by atoms with E-state index in [2.05, 4.69) is 17.9 Å². The van der Waals surface area contributed by atoms with Gasteiger partial charge in [-0.05, 0) is 6.58 Å². The van der Waals surface area contributed by atoms with Gasteiger partial charge in [0.15, 0.2) is 0 Å². The second-order valence-corrected chi connectivity index (χ2v) is 1.75. The maximum Gasteiger partial charge on any atom is 0.448 e. The minimum absolute atomic E-state index is 1.02. The molecule has 0 atom stereocenters. The summed E-state index contributed by atoms with van der Waals surface area (Å²) in [5.74, 6) is -4.28. The van der Waals surface area contributed by atoms with Crippen molar-refractivity contribution < 1.29 is 27.8 Å². The molecule has 0 aliphatic heterocycles. The third-order valence-corrected chi connectivity index (χ3v) is 0.801. The fourth-order valence-corrected chi connectivity index (χ4v) is 0.250. The fourth-order valence-electron chi connectivity index (χ4n) is 0.250. The SMILES string of the molecule is C=C(OC(=C)C(F)(F)F)C(=O)O. The quantitative estimate of drug-likeness (QED) is 0.533. The van der Waals surface area contributed by atoms with Gasteiger partial charge in [-0.1, -0.05) is 6.58 Å². The molecule has 0 fully saturated rings. The minimum atomic E-state index is -4.77. The number of halogens is 3. The number of alkyl halides is 3. The molecule has 0 amide bonds. The Morgan fingerprint density at radius 1 is 1.33 bits per heavy atom. The summed E-state index contributed by atoms with van der Waals surface area (Å²) in [5, 5.41) is 8.06. The van der Waals surface area contributed by atoms with Gasteiger partial charge in [-0.3, -0.25) is 0 Å². The molecule has 12 heavy (non-hydrogen) atoms. The molecule has 0 aromatic rings. The van der Waals surface area contributed by atoms with Crippen LogP contribution in [0.25, 0.3) is 0 Å². The lowest BCUT2D eigenvalue weighted by molar-refractivity contribution is -0.142. The summed E-state index contributed by atoms with van der Waals surface area (Å²) in [5.41, 5.74) is 0. The summed E-state index contributed by atoms with van der Waals surface area (Å²) in [4.78, 5) is 9.93. The van der Waals surface area contributed by atoms with E-state index in [-0.39, 0.29) is 0 Å². The van der Waals surface area contributed by atoms with Gasteiger partial charge in [0, 0.05) is 0 Å². The van der Waals surface area contributed by atoms with Crippen molar-refractivity contribution in [1.29, 1.82) is 0 Å². The van der Waals surface area contributed by atoms with Crippen molar-refractivity contribution in [3.63, 3.8) is 0 Å².